The van der Waals surface area contributed by atoms with Gasteiger partial charge in [-0.3, -0.25) is 0 Å². The van der Waals surface area contributed by atoms with E-state index in [1.807, 2.05) is 0 Å². The highest BCUT2D eigenvalue weighted by molar-refractivity contribution is 4.87. The number of hydrogen-bond acceptors (Lipinski definition) is 3. The predicted octanol–water partition coefficient (Wildman–Crippen LogP) is 1.16. The smallest absolute Gasteiger partial charge is 0.0618 e. The molecule has 15 heavy (non-hydrogen) atoms. The van der Waals surface area contributed by atoms with Crippen LogP contribution in [0.1, 0.15) is 32.1 Å². The summed E-state index contributed by atoms with van der Waals surface area (Å²) < 4.78 is 5.23. The first-order chi connectivity index (χ1) is 7.29. The zero-order valence-corrected chi connectivity index (χ0v) is 9.61. The maximum atomic E-state index is 9.44. The summed E-state index contributed by atoms with van der Waals surface area (Å²) in [7, 11) is 1.77. The molecule has 0 heterocycles. The minimum atomic E-state index is -0.0430. The van der Waals surface area contributed by atoms with Gasteiger partial charge in [-0.25, -0.2) is 0 Å². The zero-order valence-electron chi connectivity index (χ0n) is 9.61. The Bertz CT molecular complexity index is 194. The van der Waals surface area contributed by atoms with Gasteiger partial charge < -0.3 is 15.2 Å². The second kappa shape index (κ2) is 5.28. The van der Waals surface area contributed by atoms with Crippen molar-refractivity contribution in [3.05, 3.63) is 0 Å². The molecule has 2 N–H and O–H groups in total. The number of ether oxygens (including phenoxy) is 1. The van der Waals surface area contributed by atoms with Gasteiger partial charge in [0.05, 0.1) is 12.7 Å². The first-order valence-corrected chi connectivity index (χ1v) is 6.20. The summed E-state index contributed by atoms with van der Waals surface area (Å²) in [5, 5.41) is 13.0. The summed E-state index contributed by atoms with van der Waals surface area (Å²) in [5.74, 6) is 1.52. The zero-order chi connectivity index (χ0) is 10.7. The topological polar surface area (TPSA) is 41.5 Å². The van der Waals surface area contributed by atoms with E-state index in [2.05, 4.69) is 5.32 Å². The van der Waals surface area contributed by atoms with Crippen molar-refractivity contribution >= 4 is 0 Å². The lowest BCUT2D eigenvalue weighted by molar-refractivity contribution is 0.152. The fourth-order valence-corrected chi connectivity index (χ4v) is 2.59. The summed E-state index contributed by atoms with van der Waals surface area (Å²) in [4.78, 5) is 0. The molecule has 2 aliphatic carbocycles. The minimum absolute atomic E-state index is 0.0430. The van der Waals surface area contributed by atoms with Gasteiger partial charge in [-0.1, -0.05) is 0 Å². The van der Waals surface area contributed by atoms with E-state index in [-0.39, 0.29) is 6.10 Å². The lowest BCUT2D eigenvalue weighted by Gasteiger charge is -2.19. The molecule has 2 fully saturated rings. The number of nitrogens with one attached hydrogen (secondary N) is 1. The monoisotopic (exact) mass is 213 g/mol. The molecule has 0 aromatic heterocycles. The highest BCUT2D eigenvalue weighted by Crippen LogP contribution is 2.33. The number of aliphatic hydroxyl groups excluding tert-OH is 1. The molecule has 0 bridgehead atoms. The molecule has 0 saturated heterocycles. The maximum Gasteiger partial charge on any atom is 0.0618 e. The van der Waals surface area contributed by atoms with Crippen LogP contribution >= 0.6 is 0 Å². The van der Waals surface area contributed by atoms with Crippen LogP contribution in [0.15, 0.2) is 0 Å². The molecule has 2 rings (SSSR count). The quantitative estimate of drug-likeness (QED) is 0.696. The second-order valence-electron chi connectivity index (χ2n) is 5.14. The van der Waals surface area contributed by atoms with Gasteiger partial charge in [0.1, 0.15) is 0 Å². The minimum Gasteiger partial charge on any atom is -0.393 e. The van der Waals surface area contributed by atoms with Crippen LogP contribution < -0.4 is 5.32 Å². The highest BCUT2D eigenvalue weighted by Gasteiger charge is 2.32. The van der Waals surface area contributed by atoms with Crippen LogP contribution in [-0.4, -0.2) is 37.5 Å². The average molecular weight is 213 g/mol. The normalized spacial score (nSPS) is 33.2. The van der Waals surface area contributed by atoms with Crippen LogP contribution in [0.3, 0.4) is 0 Å². The molecular formula is C12H23NO2. The Morgan fingerprint density at radius 2 is 2.13 bits per heavy atom. The Balaban J connectivity index is 1.66. The van der Waals surface area contributed by atoms with Crippen LogP contribution in [0, 0.1) is 11.8 Å². The van der Waals surface area contributed by atoms with Gasteiger partial charge >= 0.3 is 0 Å². The standard InChI is InChI=1S/C12H23NO2/c1-15-8-12(10-3-4-10)13-7-9-2-5-11(14)6-9/h9-14H,2-8H2,1H3. The van der Waals surface area contributed by atoms with E-state index in [1.54, 1.807) is 7.11 Å². The fourth-order valence-electron chi connectivity index (χ4n) is 2.59. The summed E-state index contributed by atoms with van der Waals surface area (Å²) in [6.45, 7) is 1.89. The molecule has 0 aliphatic heterocycles. The van der Waals surface area contributed by atoms with E-state index < -0.39 is 0 Å². The first-order valence-electron chi connectivity index (χ1n) is 6.20. The largest absolute Gasteiger partial charge is 0.393 e. The lowest BCUT2D eigenvalue weighted by atomic mass is 10.1. The molecule has 3 atom stereocenters. The number of rotatable bonds is 6. The SMILES string of the molecule is COCC(NCC1CCC(O)C1)C1CC1. The van der Waals surface area contributed by atoms with Crippen molar-refractivity contribution in [2.24, 2.45) is 11.8 Å². The fraction of sp³-hybridized carbons (Fsp3) is 1.00. The molecular weight excluding hydrogens is 190 g/mol. The molecule has 0 aromatic carbocycles. The third-order valence-corrected chi connectivity index (χ3v) is 3.72. The molecule has 3 nitrogen and oxygen atoms in total. The van der Waals surface area contributed by atoms with Crippen LogP contribution in [0.25, 0.3) is 0 Å². The van der Waals surface area contributed by atoms with Crippen molar-refractivity contribution in [3.8, 4) is 0 Å². The maximum absolute atomic E-state index is 9.44. The van der Waals surface area contributed by atoms with E-state index >= 15 is 0 Å². The van der Waals surface area contributed by atoms with Crippen molar-refractivity contribution in [3.63, 3.8) is 0 Å². The Morgan fingerprint density at radius 3 is 2.67 bits per heavy atom. The second-order valence-corrected chi connectivity index (χ2v) is 5.14. The van der Waals surface area contributed by atoms with Crippen molar-refractivity contribution < 1.29 is 9.84 Å². The van der Waals surface area contributed by atoms with Crippen LogP contribution in [0.2, 0.25) is 0 Å². The van der Waals surface area contributed by atoms with Crippen LogP contribution in [0.4, 0.5) is 0 Å². The number of methoxy groups -OCH3 is 1. The molecule has 2 saturated carbocycles. The average Bonchev–Trinajstić information content (AvgIpc) is 2.97. The highest BCUT2D eigenvalue weighted by atomic mass is 16.5. The molecule has 2 aliphatic rings. The van der Waals surface area contributed by atoms with Gasteiger partial charge in [-0.05, 0) is 50.5 Å². The van der Waals surface area contributed by atoms with E-state index in [0.717, 1.165) is 31.9 Å². The first kappa shape index (κ1) is 11.4. The van der Waals surface area contributed by atoms with Crippen molar-refractivity contribution in [1.29, 1.82) is 0 Å². The van der Waals surface area contributed by atoms with Gasteiger partial charge in [0, 0.05) is 13.2 Å². The molecule has 0 spiro atoms. The summed E-state index contributed by atoms with van der Waals surface area (Å²) in [6.07, 6.45) is 5.82. The van der Waals surface area contributed by atoms with Gasteiger partial charge in [0.2, 0.25) is 0 Å². The lowest BCUT2D eigenvalue weighted by Crippen LogP contribution is -2.38. The van der Waals surface area contributed by atoms with E-state index in [1.165, 1.54) is 19.3 Å². The third kappa shape index (κ3) is 3.44. The van der Waals surface area contributed by atoms with Crippen molar-refractivity contribution in [2.75, 3.05) is 20.3 Å². The number of hydrogen-bond donors (Lipinski definition) is 2. The summed E-state index contributed by atoms with van der Waals surface area (Å²) >= 11 is 0. The molecule has 3 heteroatoms. The van der Waals surface area contributed by atoms with Gasteiger partial charge in [-0.15, -0.1) is 0 Å². The predicted molar refractivity (Wildman–Crippen MR) is 59.7 cm³/mol. The van der Waals surface area contributed by atoms with Crippen molar-refractivity contribution in [1.82, 2.24) is 5.32 Å². The van der Waals surface area contributed by atoms with Crippen LogP contribution in [-0.2, 0) is 4.74 Å². The van der Waals surface area contributed by atoms with E-state index in [4.69, 9.17) is 4.74 Å². The van der Waals surface area contributed by atoms with E-state index in [0.29, 0.717) is 12.0 Å². The van der Waals surface area contributed by atoms with E-state index in [9.17, 15) is 5.11 Å². The third-order valence-electron chi connectivity index (χ3n) is 3.72. The molecule has 0 aromatic rings. The molecule has 88 valence electrons. The van der Waals surface area contributed by atoms with Crippen LogP contribution in [0.5, 0.6) is 0 Å². The molecule has 0 radical (unpaired) electrons. The summed E-state index contributed by atoms with van der Waals surface area (Å²) in [6, 6.07) is 0.549. The number of aliphatic hydroxyl groups is 1. The van der Waals surface area contributed by atoms with Crippen molar-refractivity contribution in [2.45, 2.75) is 44.2 Å². The summed E-state index contributed by atoms with van der Waals surface area (Å²) in [5.41, 5.74) is 0. The Labute approximate surface area is 92.2 Å². The molecule has 3 unspecified atom stereocenters. The molecule has 0 amide bonds. The Hall–Kier alpha value is -0.120. The van der Waals surface area contributed by atoms with Gasteiger partial charge in [0.15, 0.2) is 0 Å². The van der Waals surface area contributed by atoms with Gasteiger partial charge in [0.25, 0.3) is 0 Å². The Kier molecular flexibility index (Phi) is 4.00. The van der Waals surface area contributed by atoms with Gasteiger partial charge in [-0.2, -0.15) is 0 Å². The Morgan fingerprint density at radius 1 is 1.33 bits per heavy atom.